The van der Waals surface area contributed by atoms with Crippen LogP contribution in [0.25, 0.3) is 0 Å². The van der Waals surface area contributed by atoms with Crippen molar-refractivity contribution in [3.63, 3.8) is 0 Å². The van der Waals surface area contributed by atoms with Gasteiger partial charge < -0.3 is 24.1 Å². The van der Waals surface area contributed by atoms with Crippen LogP contribution in [0.5, 0.6) is 11.5 Å². The number of benzene rings is 1. The Morgan fingerprint density at radius 1 is 1.25 bits per heavy atom. The molecular weight excluding hydrogens is 388 g/mol. The molecule has 0 radical (unpaired) electrons. The van der Waals surface area contributed by atoms with Gasteiger partial charge in [-0.15, -0.1) is 0 Å². The van der Waals surface area contributed by atoms with Crippen molar-refractivity contribution in [2.45, 2.75) is 11.6 Å². The Bertz CT molecular complexity index is 937. The number of anilines is 1. The highest BCUT2D eigenvalue weighted by atomic mass is 32.2. The first-order valence-corrected chi connectivity index (χ1v) is 9.99. The molecule has 1 aliphatic heterocycles. The molecule has 0 aliphatic carbocycles. The van der Waals surface area contributed by atoms with E-state index in [1.165, 1.54) is 35.6 Å². The fraction of sp³-hybridized carbons (Fsp3) is 0.412. The van der Waals surface area contributed by atoms with Crippen LogP contribution in [-0.4, -0.2) is 68.7 Å². The summed E-state index contributed by atoms with van der Waals surface area (Å²) in [5.74, 6) is 0.687. The summed E-state index contributed by atoms with van der Waals surface area (Å²) in [5.41, 5.74) is 0.452. The van der Waals surface area contributed by atoms with Crippen molar-refractivity contribution in [1.29, 1.82) is 0 Å². The van der Waals surface area contributed by atoms with Gasteiger partial charge >= 0.3 is 0 Å². The van der Waals surface area contributed by atoms with Crippen molar-refractivity contribution in [1.82, 2.24) is 13.9 Å². The number of aromatic nitrogens is 2. The molecule has 3 rings (SSSR count). The van der Waals surface area contributed by atoms with Crippen LogP contribution in [0, 0.1) is 0 Å². The quantitative estimate of drug-likeness (QED) is 0.710. The Morgan fingerprint density at radius 3 is 2.68 bits per heavy atom. The van der Waals surface area contributed by atoms with Crippen LogP contribution in [0.15, 0.2) is 35.7 Å². The molecule has 1 aliphatic rings. The molecule has 0 atom stereocenters. The summed E-state index contributed by atoms with van der Waals surface area (Å²) < 4.78 is 43.5. The number of ether oxygens (including phenoxy) is 3. The lowest BCUT2D eigenvalue weighted by Crippen LogP contribution is -2.40. The third kappa shape index (κ3) is 4.43. The number of sulfonamides is 1. The molecule has 1 amide bonds. The third-order valence-corrected chi connectivity index (χ3v) is 5.98. The number of hydrogen-bond donors (Lipinski definition) is 1. The predicted octanol–water partition coefficient (Wildman–Crippen LogP) is 0.560. The molecule has 0 unspecified atom stereocenters. The van der Waals surface area contributed by atoms with Gasteiger partial charge in [-0.3, -0.25) is 4.79 Å². The van der Waals surface area contributed by atoms with Crippen LogP contribution in [0.2, 0.25) is 0 Å². The average molecular weight is 410 g/mol. The van der Waals surface area contributed by atoms with E-state index in [4.69, 9.17) is 14.2 Å². The first kappa shape index (κ1) is 20.1. The fourth-order valence-electron chi connectivity index (χ4n) is 2.75. The number of carbonyl (C=O) groups is 1. The summed E-state index contributed by atoms with van der Waals surface area (Å²) in [6, 6.07) is 5.03. The number of nitrogens with zero attached hydrogens (tertiary/aromatic N) is 3. The Morgan fingerprint density at radius 2 is 2.00 bits per heavy atom. The van der Waals surface area contributed by atoms with Gasteiger partial charge in [0, 0.05) is 25.4 Å². The summed E-state index contributed by atoms with van der Waals surface area (Å²) in [4.78, 5) is 16.3. The van der Waals surface area contributed by atoms with Crippen LogP contribution < -0.4 is 14.8 Å². The van der Waals surface area contributed by atoms with E-state index in [9.17, 15) is 13.2 Å². The largest absolute Gasteiger partial charge is 0.497 e. The van der Waals surface area contributed by atoms with Crippen LogP contribution in [0.1, 0.15) is 0 Å². The van der Waals surface area contributed by atoms with Crippen molar-refractivity contribution in [3.8, 4) is 11.5 Å². The number of hydrogen-bond acceptors (Lipinski definition) is 7. The number of amides is 1. The SMILES string of the molecule is COc1ccc(OC)c(NC(=O)Cn2cnc(S(=O)(=O)N3CCOCC3)c2)c1. The molecule has 1 saturated heterocycles. The number of rotatable bonds is 7. The maximum absolute atomic E-state index is 12.6. The van der Waals surface area contributed by atoms with Gasteiger partial charge in [0.25, 0.3) is 10.0 Å². The third-order valence-electron chi connectivity index (χ3n) is 4.19. The predicted molar refractivity (Wildman–Crippen MR) is 100.0 cm³/mol. The van der Waals surface area contributed by atoms with Gasteiger partial charge in [-0.2, -0.15) is 4.31 Å². The average Bonchev–Trinajstić information content (AvgIpc) is 3.17. The zero-order valence-electron chi connectivity index (χ0n) is 15.6. The normalized spacial score (nSPS) is 15.2. The summed E-state index contributed by atoms with van der Waals surface area (Å²) in [6.45, 7) is 1.16. The Balaban J connectivity index is 1.69. The van der Waals surface area contributed by atoms with Gasteiger partial charge in [-0.1, -0.05) is 0 Å². The molecular formula is C17H22N4O6S. The van der Waals surface area contributed by atoms with E-state index >= 15 is 0 Å². The molecule has 1 fully saturated rings. The molecule has 1 aromatic heterocycles. The lowest BCUT2D eigenvalue weighted by atomic mass is 10.2. The molecule has 0 bridgehead atoms. The molecule has 1 N–H and O–H groups in total. The van der Waals surface area contributed by atoms with Crippen molar-refractivity contribution in [3.05, 3.63) is 30.7 Å². The Labute approximate surface area is 163 Å². The zero-order chi connectivity index (χ0) is 20.1. The van der Waals surface area contributed by atoms with Crippen molar-refractivity contribution < 1.29 is 27.4 Å². The second-order valence-electron chi connectivity index (χ2n) is 6.02. The molecule has 0 saturated carbocycles. The standard InChI is InChI=1S/C17H22N4O6S/c1-25-13-3-4-15(26-2)14(9-13)19-16(22)10-20-11-17(18-12-20)28(23,24)21-5-7-27-8-6-21/h3-4,9,11-12H,5-8,10H2,1-2H3,(H,19,22). The Hall–Kier alpha value is -2.63. The zero-order valence-corrected chi connectivity index (χ0v) is 16.4. The van der Waals surface area contributed by atoms with Gasteiger partial charge in [0.05, 0.1) is 39.4 Å². The molecule has 11 heteroatoms. The minimum Gasteiger partial charge on any atom is -0.497 e. The smallest absolute Gasteiger partial charge is 0.262 e. The summed E-state index contributed by atoms with van der Waals surface area (Å²) in [5, 5.41) is 2.63. The molecule has 1 aromatic carbocycles. The first-order valence-electron chi connectivity index (χ1n) is 8.55. The summed E-state index contributed by atoms with van der Waals surface area (Å²) in [7, 11) is -0.683. The number of nitrogens with one attached hydrogen (secondary N) is 1. The van der Waals surface area contributed by atoms with E-state index in [1.54, 1.807) is 18.2 Å². The first-order chi connectivity index (χ1) is 13.4. The topological polar surface area (TPSA) is 112 Å². The number of methoxy groups -OCH3 is 2. The maximum atomic E-state index is 12.6. The van der Waals surface area contributed by atoms with E-state index in [0.717, 1.165) is 0 Å². The van der Waals surface area contributed by atoms with E-state index < -0.39 is 10.0 Å². The number of imidazole rings is 1. The second-order valence-corrected chi connectivity index (χ2v) is 7.90. The number of morpholine rings is 1. The van der Waals surface area contributed by atoms with Gasteiger partial charge in [0.1, 0.15) is 18.0 Å². The van der Waals surface area contributed by atoms with Gasteiger partial charge in [0.15, 0.2) is 5.03 Å². The minimum atomic E-state index is -3.70. The second kappa shape index (κ2) is 8.59. The highest BCUT2D eigenvalue weighted by Crippen LogP contribution is 2.28. The summed E-state index contributed by atoms with van der Waals surface area (Å²) in [6.07, 6.45) is 2.66. The highest BCUT2D eigenvalue weighted by molar-refractivity contribution is 7.89. The highest BCUT2D eigenvalue weighted by Gasteiger charge is 2.28. The molecule has 152 valence electrons. The van der Waals surface area contributed by atoms with Crippen LogP contribution in [0.3, 0.4) is 0 Å². The van der Waals surface area contributed by atoms with Gasteiger partial charge in [-0.05, 0) is 12.1 Å². The van der Waals surface area contributed by atoms with Crippen molar-refractivity contribution in [2.75, 3.05) is 45.8 Å². The molecule has 28 heavy (non-hydrogen) atoms. The monoisotopic (exact) mass is 410 g/mol. The van der Waals surface area contributed by atoms with Gasteiger partial charge in [-0.25, -0.2) is 13.4 Å². The summed E-state index contributed by atoms with van der Waals surface area (Å²) >= 11 is 0. The molecule has 2 heterocycles. The van der Waals surface area contributed by atoms with E-state index in [2.05, 4.69) is 10.3 Å². The number of carbonyl (C=O) groups excluding carboxylic acids is 1. The van der Waals surface area contributed by atoms with Crippen LogP contribution >= 0.6 is 0 Å². The van der Waals surface area contributed by atoms with Gasteiger partial charge in [0.2, 0.25) is 5.91 Å². The lowest BCUT2D eigenvalue weighted by molar-refractivity contribution is -0.116. The fourth-order valence-corrected chi connectivity index (χ4v) is 4.09. The van der Waals surface area contributed by atoms with E-state index in [1.807, 2.05) is 0 Å². The minimum absolute atomic E-state index is 0.0961. The van der Waals surface area contributed by atoms with E-state index in [-0.39, 0.29) is 30.6 Å². The molecule has 2 aromatic rings. The Kier molecular flexibility index (Phi) is 6.17. The maximum Gasteiger partial charge on any atom is 0.262 e. The molecule has 0 spiro atoms. The van der Waals surface area contributed by atoms with Crippen LogP contribution in [0.4, 0.5) is 5.69 Å². The van der Waals surface area contributed by atoms with Crippen molar-refractivity contribution >= 4 is 21.6 Å². The van der Waals surface area contributed by atoms with Crippen molar-refractivity contribution in [2.24, 2.45) is 0 Å². The lowest BCUT2D eigenvalue weighted by Gasteiger charge is -2.24. The van der Waals surface area contributed by atoms with Crippen LogP contribution in [-0.2, 0) is 26.1 Å². The molecule has 10 nitrogen and oxygen atoms in total. The van der Waals surface area contributed by atoms with E-state index in [0.29, 0.717) is 30.4 Å².